The summed E-state index contributed by atoms with van der Waals surface area (Å²) in [4.78, 5) is 0. The summed E-state index contributed by atoms with van der Waals surface area (Å²) in [5.74, 6) is 0.928. The molecule has 0 amide bonds. The topological polar surface area (TPSA) is 12.0 Å². The number of hydrogen-bond acceptors (Lipinski definition) is 1. The smallest absolute Gasteiger partial charge is 0.00747 e. The van der Waals surface area contributed by atoms with Gasteiger partial charge in [0.1, 0.15) is 0 Å². The van der Waals surface area contributed by atoms with Crippen molar-refractivity contribution in [1.82, 2.24) is 5.32 Å². The largest absolute Gasteiger partial charge is 0.311 e. The lowest BCUT2D eigenvalue weighted by Crippen LogP contribution is -2.42. The predicted octanol–water partition coefficient (Wildman–Crippen LogP) is 5.54. The fraction of sp³-hybridized carbons (Fsp3) is 1.00. The average Bonchev–Trinajstić information content (AvgIpc) is 2.52. The van der Waals surface area contributed by atoms with Gasteiger partial charge in [-0.2, -0.15) is 0 Å². The van der Waals surface area contributed by atoms with Crippen LogP contribution in [-0.2, 0) is 0 Å². The van der Waals surface area contributed by atoms with Crippen LogP contribution in [0.3, 0.4) is 0 Å². The van der Waals surface area contributed by atoms with E-state index < -0.39 is 0 Å². The third kappa shape index (κ3) is 4.76. The first-order valence-corrected chi connectivity index (χ1v) is 9.02. The zero-order chi connectivity index (χ0) is 14.8. The van der Waals surface area contributed by atoms with Crippen molar-refractivity contribution in [3.05, 3.63) is 0 Å². The molecular weight excluding hydrogens is 242 g/mol. The summed E-state index contributed by atoms with van der Waals surface area (Å²) in [5, 5.41) is 4.03. The molecule has 20 heavy (non-hydrogen) atoms. The molecule has 0 aromatic rings. The molecular formula is C19H37N. The zero-order valence-corrected chi connectivity index (χ0v) is 14.6. The molecule has 2 saturated carbocycles. The highest BCUT2D eigenvalue weighted by Crippen LogP contribution is 2.38. The van der Waals surface area contributed by atoms with E-state index in [4.69, 9.17) is 0 Å². The molecule has 3 unspecified atom stereocenters. The molecule has 0 radical (unpaired) electrons. The summed E-state index contributed by atoms with van der Waals surface area (Å²) in [7, 11) is 0. The Morgan fingerprint density at radius 2 is 1.55 bits per heavy atom. The maximum absolute atomic E-state index is 4.03. The molecule has 0 aromatic carbocycles. The van der Waals surface area contributed by atoms with E-state index in [1.807, 2.05) is 0 Å². The average molecular weight is 280 g/mol. The molecule has 1 nitrogen and oxygen atoms in total. The maximum atomic E-state index is 4.03. The van der Waals surface area contributed by atoms with Crippen LogP contribution in [0.1, 0.15) is 92.4 Å². The van der Waals surface area contributed by atoms with Gasteiger partial charge < -0.3 is 5.32 Å². The fourth-order valence-corrected chi connectivity index (χ4v) is 4.51. The van der Waals surface area contributed by atoms with Crippen molar-refractivity contribution in [2.45, 2.75) is 104 Å². The van der Waals surface area contributed by atoms with Gasteiger partial charge in [0, 0.05) is 12.1 Å². The minimum Gasteiger partial charge on any atom is -0.311 e. The molecule has 1 N–H and O–H groups in total. The van der Waals surface area contributed by atoms with Crippen LogP contribution in [-0.4, -0.2) is 12.1 Å². The molecule has 2 rings (SSSR count). The van der Waals surface area contributed by atoms with E-state index >= 15 is 0 Å². The van der Waals surface area contributed by atoms with Gasteiger partial charge in [0.15, 0.2) is 0 Å². The summed E-state index contributed by atoms with van der Waals surface area (Å²) >= 11 is 0. The number of rotatable bonds is 2. The second kappa shape index (κ2) is 6.38. The molecule has 0 saturated heterocycles. The highest BCUT2D eigenvalue weighted by atomic mass is 15.0. The summed E-state index contributed by atoms with van der Waals surface area (Å²) < 4.78 is 0. The Labute approximate surface area is 127 Å². The summed E-state index contributed by atoms with van der Waals surface area (Å²) in [6, 6.07) is 1.58. The second-order valence-electron chi connectivity index (χ2n) is 9.39. The van der Waals surface area contributed by atoms with Crippen molar-refractivity contribution in [3.8, 4) is 0 Å². The monoisotopic (exact) mass is 279 g/mol. The first-order chi connectivity index (χ1) is 9.26. The maximum Gasteiger partial charge on any atom is 0.00747 e. The Kier molecular flexibility index (Phi) is 5.21. The molecule has 3 atom stereocenters. The molecule has 0 heterocycles. The highest BCUT2D eigenvalue weighted by Gasteiger charge is 2.31. The van der Waals surface area contributed by atoms with E-state index in [0.29, 0.717) is 10.8 Å². The van der Waals surface area contributed by atoms with Gasteiger partial charge in [-0.25, -0.2) is 0 Å². The SMILES string of the molecule is CC1(C)CCCC(NC2CCCC(C(C)(C)C)CC2)C1. The van der Waals surface area contributed by atoms with Crippen LogP contribution in [0.2, 0.25) is 0 Å². The van der Waals surface area contributed by atoms with Crippen molar-refractivity contribution in [3.63, 3.8) is 0 Å². The van der Waals surface area contributed by atoms with Crippen LogP contribution in [0.5, 0.6) is 0 Å². The van der Waals surface area contributed by atoms with E-state index in [0.717, 1.165) is 18.0 Å². The Balaban J connectivity index is 1.82. The van der Waals surface area contributed by atoms with Crippen LogP contribution in [0, 0.1) is 16.7 Å². The quantitative estimate of drug-likeness (QED) is 0.654. The van der Waals surface area contributed by atoms with Crippen LogP contribution in [0.15, 0.2) is 0 Å². The first kappa shape index (κ1) is 16.3. The molecule has 2 aliphatic carbocycles. The Morgan fingerprint density at radius 3 is 2.20 bits per heavy atom. The van der Waals surface area contributed by atoms with Crippen molar-refractivity contribution >= 4 is 0 Å². The Bertz CT molecular complexity index is 299. The van der Waals surface area contributed by atoms with Crippen molar-refractivity contribution in [2.24, 2.45) is 16.7 Å². The molecule has 2 aliphatic rings. The van der Waals surface area contributed by atoms with Gasteiger partial charge in [-0.15, -0.1) is 0 Å². The molecule has 2 fully saturated rings. The van der Waals surface area contributed by atoms with Crippen LogP contribution >= 0.6 is 0 Å². The molecule has 0 bridgehead atoms. The standard InChI is InChI=1S/C19H37N/c1-18(2,3)15-8-6-9-16(12-11-15)20-17-10-7-13-19(4,5)14-17/h15-17,20H,6-14H2,1-5H3. The van der Waals surface area contributed by atoms with Gasteiger partial charge in [0.25, 0.3) is 0 Å². The third-order valence-electron chi connectivity index (χ3n) is 5.87. The first-order valence-electron chi connectivity index (χ1n) is 9.02. The Morgan fingerprint density at radius 1 is 0.850 bits per heavy atom. The van der Waals surface area contributed by atoms with Gasteiger partial charge in [-0.1, -0.05) is 47.5 Å². The lowest BCUT2D eigenvalue weighted by molar-refractivity contribution is 0.183. The van der Waals surface area contributed by atoms with Gasteiger partial charge in [0.2, 0.25) is 0 Å². The van der Waals surface area contributed by atoms with Crippen LogP contribution in [0.25, 0.3) is 0 Å². The van der Waals surface area contributed by atoms with Crippen molar-refractivity contribution < 1.29 is 0 Å². The van der Waals surface area contributed by atoms with E-state index in [-0.39, 0.29) is 0 Å². The summed E-state index contributed by atoms with van der Waals surface area (Å²) in [5.41, 5.74) is 1.07. The van der Waals surface area contributed by atoms with E-state index in [1.54, 1.807) is 0 Å². The number of hydrogen-bond donors (Lipinski definition) is 1. The molecule has 118 valence electrons. The van der Waals surface area contributed by atoms with Gasteiger partial charge in [-0.3, -0.25) is 0 Å². The minimum absolute atomic E-state index is 0.502. The van der Waals surface area contributed by atoms with E-state index in [1.165, 1.54) is 57.8 Å². The predicted molar refractivity (Wildman–Crippen MR) is 89.0 cm³/mol. The van der Waals surface area contributed by atoms with Crippen LogP contribution < -0.4 is 5.32 Å². The van der Waals surface area contributed by atoms with E-state index in [2.05, 4.69) is 39.9 Å². The fourth-order valence-electron chi connectivity index (χ4n) is 4.51. The van der Waals surface area contributed by atoms with Gasteiger partial charge in [-0.05, 0) is 61.7 Å². The van der Waals surface area contributed by atoms with Gasteiger partial charge in [0.05, 0.1) is 0 Å². The second-order valence-corrected chi connectivity index (χ2v) is 9.39. The normalized spacial score (nSPS) is 35.5. The number of nitrogens with one attached hydrogen (secondary N) is 1. The Hall–Kier alpha value is -0.0400. The molecule has 0 aliphatic heterocycles. The molecule has 0 aromatic heterocycles. The minimum atomic E-state index is 0.502. The van der Waals surface area contributed by atoms with Crippen molar-refractivity contribution in [1.29, 1.82) is 0 Å². The molecule has 1 heteroatoms. The summed E-state index contributed by atoms with van der Waals surface area (Å²) in [6.45, 7) is 12.2. The summed E-state index contributed by atoms with van der Waals surface area (Å²) in [6.07, 6.45) is 12.7. The zero-order valence-electron chi connectivity index (χ0n) is 14.6. The lowest BCUT2D eigenvalue weighted by atomic mass is 9.75. The van der Waals surface area contributed by atoms with E-state index in [9.17, 15) is 0 Å². The highest BCUT2D eigenvalue weighted by molar-refractivity contribution is 4.87. The van der Waals surface area contributed by atoms with Crippen molar-refractivity contribution in [2.75, 3.05) is 0 Å². The lowest BCUT2D eigenvalue weighted by Gasteiger charge is -2.37. The van der Waals surface area contributed by atoms with Gasteiger partial charge >= 0.3 is 0 Å². The molecule has 0 spiro atoms. The third-order valence-corrected chi connectivity index (χ3v) is 5.87. The van der Waals surface area contributed by atoms with Crippen LogP contribution in [0.4, 0.5) is 0 Å².